The quantitative estimate of drug-likeness (QED) is 0.908. The van der Waals surface area contributed by atoms with Crippen LogP contribution in [0.5, 0.6) is 0 Å². The molecule has 2 unspecified atom stereocenters. The van der Waals surface area contributed by atoms with Gasteiger partial charge < -0.3 is 5.73 Å². The van der Waals surface area contributed by atoms with Crippen LogP contribution in [0.2, 0.25) is 0 Å². The standard InChI is InChI=1S/C16H25BrN2/c1-3-16(14-4-6-15(17)7-5-14)19-10-8-13(9-11-19)12(2)18/h4-7,12-13,16H,3,8-11,18H2,1-2H3. The lowest BCUT2D eigenvalue weighted by Crippen LogP contribution is -2.41. The van der Waals surface area contributed by atoms with Crippen LogP contribution in [0.15, 0.2) is 28.7 Å². The summed E-state index contributed by atoms with van der Waals surface area (Å²) < 4.78 is 1.15. The Morgan fingerprint density at radius 1 is 1.26 bits per heavy atom. The number of piperidine rings is 1. The fraction of sp³-hybridized carbons (Fsp3) is 0.625. The first kappa shape index (κ1) is 15.0. The molecule has 0 saturated carbocycles. The molecule has 1 aromatic rings. The third-order valence-electron chi connectivity index (χ3n) is 4.40. The van der Waals surface area contributed by atoms with Crippen molar-refractivity contribution >= 4 is 15.9 Å². The van der Waals surface area contributed by atoms with Gasteiger partial charge in [-0.25, -0.2) is 0 Å². The number of hydrogen-bond acceptors (Lipinski definition) is 2. The van der Waals surface area contributed by atoms with Gasteiger partial charge in [0, 0.05) is 16.6 Å². The van der Waals surface area contributed by atoms with Crippen molar-refractivity contribution in [2.75, 3.05) is 13.1 Å². The van der Waals surface area contributed by atoms with Gasteiger partial charge in [0.15, 0.2) is 0 Å². The SMILES string of the molecule is CCC(c1ccc(Br)cc1)N1CCC(C(C)N)CC1. The summed E-state index contributed by atoms with van der Waals surface area (Å²) in [6, 6.07) is 9.68. The van der Waals surface area contributed by atoms with Crippen LogP contribution in [0.25, 0.3) is 0 Å². The Morgan fingerprint density at radius 2 is 1.84 bits per heavy atom. The predicted molar refractivity (Wildman–Crippen MR) is 85.1 cm³/mol. The van der Waals surface area contributed by atoms with Crippen LogP contribution in [0.3, 0.4) is 0 Å². The molecule has 2 nitrogen and oxygen atoms in total. The fourth-order valence-corrected chi connectivity index (χ4v) is 3.41. The molecular formula is C16H25BrN2. The van der Waals surface area contributed by atoms with E-state index in [-0.39, 0.29) is 0 Å². The van der Waals surface area contributed by atoms with Crippen LogP contribution >= 0.6 is 15.9 Å². The molecule has 0 aliphatic carbocycles. The number of hydrogen-bond donors (Lipinski definition) is 1. The number of benzene rings is 1. The van der Waals surface area contributed by atoms with Crippen molar-refractivity contribution in [3.05, 3.63) is 34.3 Å². The van der Waals surface area contributed by atoms with Gasteiger partial charge >= 0.3 is 0 Å². The van der Waals surface area contributed by atoms with E-state index >= 15 is 0 Å². The third-order valence-corrected chi connectivity index (χ3v) is 4.93. The summed E-state index contributed by atoms with van der Waals surface area (Å²) in [5.41, 5.74) is 7.46. The Kier molecular flexibility index (Phi) is 5.43. The zero-order chi connectivity index (χ0) is 13.8. The van der Waals surface area contributed by atoms with Crippen molar-refractivity contribution in [1.82, 2.24) is 4.90 Å². The van der Waals surface area contributed by atoms with E-state index in [0.29, 0.717) is 18.0 Å². The largest absolute Gasteiger partial charge is 0.328 e. The van der Waals surface area contributed by atoms with Gasteiger partial charge in [-0.15, -0.1) is 0 Å². The van der Waals surface area contributed by atoms with Gasteiger partial charge in [-0.2, -0.15) is 0 Å². The third kappa shape index (κ3) is 3.80. The normalized spacial score (nSPS) is 21.3. The van der Waals surface area contributed by atoms with Crippen molar-refractivity contribution in [2.45, 2.75) is 45.2 Å². The second kappa shape index (κ2) is 6.87. The van der Waals surface area contributed by atoms with Crippen molar-refractivity contribution in [1.29, 1.82) is 0 Å². The highest BCUT2D eigenvalue weighted by Gasteiger charge is 2.26. The molecule has 2 N–H and O–H groups in total. The second-order valence-corrected chi connectivity index (χ2v) is 6.62. The maximum atomic E-state index is 6.03. The van der Waals surface area contributed by atoms with E-state index in [1.807, 2.05) is 0 Å². The van der Waals surface area contributed by atoms with Crippen molar-refractivity contribution < 1.29 is 0 Å². The topological polar surface area (TPSA) is 29.3 Å². The van der Waals surface area contributed by atoms with E-state index in [0.717, 1.165) is 4.47 Å². The molecule has 0 bridgehead atoms. The van der Waals surface area contributed by atoms with Crippen LogP contribution in [0, 0.1) is 5.92 Å². The number of likely N-dealkylation sites (tertiary alicyclic amines) is 1. The summed E-state index contributed by atoms with van der Waals surface area (Å²) in [5.74, 6) is 0.707. The highest BCUT2D eigenvalue weighted by atomic mass is 79.9. The van der Waals surface area contributed by atoms with Crippen LogP contribution in [0.4, 0.5) is 0 Å². The van der Waals surface area contributed by atoms with Crippen molar-refractivity contribution in [3.63, 3.8) is 0 Å². The van der Waals surface area contributed by atoms with E-state index in [1.54, 1.807) is 0 Å². The minimum atomic E-state index is 0.343. The maximum absolute atomic E-state index is 6.03. The van der Waals surface area contributed by atoms with Gasteiger partial charge in [0.25, 0.3) is 0 Å². The summed E-state index contributed by atoms with van der Waals surface area (Å²) in [7, 11) is 0. The van der Waals surface area contributed by atoms with Crippen molar-refractivity contribution in [3.8, 4) is 0 Å². The lowest BCUT2D eigenvalue weighted by atomic mass is 9.89. The van der Waals surface area contributed by atoms with Gasteiger partial charge in [0.2, 0.25) is 0 Å². The summed E-state index contributed by atoms with van der Waals surface area (Å²) in [5, 5.41) is 0. The molecule has 0 radical (unpaired) electrons. The molecule has 19 heavy (non-hydrogen) atoms. The average molecular weight is 325 g/mol. The smallest absolute Gasteiger partial charge is 0.0345 e. The molecular weight excluding hydrogens is 300 g/mol. The number of rotatable bonds is 4. The number of halogens is 1. The average Bonchev–Trinajstić information content (AvgIpc) is 2.42. The van der Waals surface area contributed by atoms with Crippen LogP contribution < -0.4 is 5.73 Å². The minimum absolute atomic E-state index is 0.343. The maximum Gasteiger partial charge on any atom is 0.0345 e. The fourth-order valence-electron chi connectivity index (χ4n) is 3.15. The molecule has 1 aromatic carbocycles. The summed E-state index contributed by atoms with van der Waals surface area (Å²) in [6.45, 7) is 6.79. The molecule has 106 valence electrons. The predicted octanol–water partition coefficient (Wildman–Crippen LogP) is 3.96. The Bertz CT molecular complexity index is 380. The highest BCUT2D eigenvalue weighted by Crippen LogP contribution is 2.30. The van der Waals surface area contributed by atoms with E-state index in [1.165, 1.54) is 37.9 Å². The van der Waals surface area contributed by atoms with Gasteiger partial charge in [0.05, 0.1) is 0 Å². The summed E-state index contributed by atoms with van der Waals surface area (Å²) >= 11 is 3.51. The zero-order valence-corrected chi connectivity index (χ0v) is 13.6. The molecule has 1 aliphatic rings. The molecule has 1 fully saturated rings. The molecule has 3 heteroatoms. The van der Waals surface area contributed by atoms with Crippen LogP contribution in [0.1, 0.15) is 44.7 Å². The van der Waals surface area contributed by atoms with Gasteiger partial charge in [-0.05, 0) is 62.9 Å². The second-order valence-electron chi connectivity index (χ2n) is 5.71. The van der Waals surface area contributed by atoms with Crippen LogP contribution in [-0.2, 0) is 0 Å². The first-order valence-corrected chi connectivity index (χ1v) is 8.16. The lowest BCUT2D eigenvalue weighted by molar-refractivity contribution is 0.121. The molecule has 0 amide bonds. The molecule has 0 spiro atoms. The van der Waals surface area contributed by atoms with Crippen LogP contribution in [-0.4, -0.2) is 24.0 Å². The molecule has 0 aromatic heterocycles. The highest BCUT2D eigenvalue weighted by molar-refractivity contribution is 9.10. The lowest BCUT2D eigenvalue weighted by Gasteiger charge is -2.38. The van der Waals surface area contributed by atoms with E-state index < -0.39 is 0 Å². The molecule has 2 rings (SSSR count). The van der Waals surface area contributed by atoms with Gasteiger partial charge in [-0.3, -0.25) is 4.90 Å². The Morgan fingerprint density at radius 3 is 2.32 bits per heavy atom. The first-order chi connectivity index (χ1) is 9.11. The Hall–Kier alpha value is -0.380. The first-order valence-electron chi connectivity index (χ1n) is 7.37. The Balaban J connectivity index is 2.01. The minimum Gasteiger partial charge on any atom is -0.328 e. The van der Waals surface area contributed by atoms with Crippen molar-refractivity contribution in [2.24, 2.45) is 11.7 Å². The summed E-state index contributed by atoms with van der Waals surface area (Å²) in [6.07, 6.45) is 3.65. The number of nitrogens with zero attached hydrogens (tertiary/aromatic N) is 1. The van der Waals surface area contributed by atoms with E-state index in [2.05, 4.69) is 58.9 Å². The van der Waals surface area contributed by atoms with Gasteiger partial charge in [0.1, 0.15) is 0 Å². The molecule has 2 atom stereocenters. The molecule has 1 saturated heterocycles. The number of nitrogens with two attached hydrogens (primary N) is 1. The zero-order valence-electron chi connectivity index (χ0n) is 12.0. The monoisotopic (exact) mass is 324 g/mol. The van der Waals surface area contributed by atoms with E-state index in [9.17, 15) is 0 Å². The molecule has 1 aliphatic heterocycles. The summed E-state index contributed by atoms with van der Waals surface area (Å²) in [4.78, 5) is 2.63. The van der Waals surface area contributed by atoms with Gasteiger partial charge in [-0.1, -0.05) is 35.0 Å². The molecule has 1 heterocycles. The van der Waals surface area contributed by atoms with E-state index in [4.69, 9.17) is 5.73 Å². The Labute approximate surface area is 125 Å².